The van der Waals surface area contributed by atoms with Gasteiger partial charge in [0.2, 0.25) is 0 Å². The second-order valence-corrected chi connectivity index (χ2v) is 4.32. The molecular weight excluding hydrogens is 202 g/mol. The molecule has 1 aliphatic heterocycles. The summed E-state index contributed by atoms with van der Waals surface area (Å²) in [6.07, 6.45) is 5.52. The number of hydrogen-bond donors (Lipinski definition) is 0. The van der Waals surface area contributed by atoms with Crippen molar-refractivity contribution in [2.45, 2.75) is 44.0 Å². The van der Waals surface area contributed by atoms with Crippen LogP contribution in [0.1, 0.15) is 32.1 Å². The van der Waals surface area contributed by atoms with Crippen LogP contribution in [0.3, 0.4) is 0 Å². The van der Waals surface area contributed by atoms with Gasteiger partial charge in [0.15, 0.2) is 5.79 Å². The van der Waals surface area contributed by atoms with Gasteiger partial charge < -0.3 is 9.47 Å². The molecule has 0 aromatic carbocycles. The zero-order valence-electron chi connectivity index (χ0n) is 8.46. The van der Waals surface area contributed by atoms with E-state index in [4.69, 9.17) is 21.1 Å². The summed E-state index contributed by atoms with van der Waals surface area (Å²) in [6, 6.07) is 0. The van der Waals surface area contributed by atoms with Gasteiger partial charge in [0.05, 0.1) is 6.61 Å². The standard InChI is InChI=1S/C10H16ClNO2/c1-12-9(11)8-7-13-10(14-8)5-3-2-4-6-10/h8H,2-7H2,1H3/b12-9-. The van der Waals surface area contributed by atoms with E-state index in [0.29, 0.717) is 11.8 Å². The maximum absolute atomic E-state index is 5.92. The normalized spacial score (nSPS) is 32.4. The van der Waals surface area contributed by atoms with Crippen LogP contribution in [0.4, 0.5) is 0 Å². The van der Waals surface area contributed by atoms with E-state index in [1.807, 2.05) is 0 Å². The first kappa shape index (κ1) is 10.4. The van der Waals surface area contributed by atoms with Gasteiger partial charge in [0.25, 0.3) is 0 Å². The molecule has 14 heavy (non-hydrogen) atoms. The minimum absolute atomic E-state index is 0.139. The van der Waals surface area contributed by atoms with Crippen molar-refractivity contribution >= 4 is 16.8 Å². The van der Waals surface area contributed by atoms with E-state index < -0.39 is 0 Å². The predicted octanol–water partition coefficient (Wildman–Crippen LogP) is 2.33. The quantitative estimate of drug-likeness (QED) is 0.632. The van der Waals surface area contributed by atoms with Gasteiger partial charge in [-0.3, -0.25) is 4.99 Å². The summed E-state index contributed by atoms with van der Waals surface area (Å²) in [5.74, 6) is -0.340. The molecule has 1 atom stereocenters. The molecule has 1 saturated heterocycles. The summed E-state index contributed by atoms with van der Waals surface area (Å²) in [6.45, 7) is 0.552. The molecular formula is C10H16ClNO2. The van der Waals surface area contributed by atoms with Crippen molar-refractivity contribution in [3.8, 4) is 0 Å². The van der Waals surface area contributed by atoms with Crippen molar-refractivity contribution in [3.63, 3.8) is 0 Å². The van der Waals surface area contributed by atoms with Crippen molar-refractivity contribution in [3.05, 3.63) is 0 Å². The first-order chi connectivity index (χ1) is 6.76. The van der Waals surface area contributed by atoms with Crippen molar-refractivity contribution in [2.24, 2.45) is 4.99 Å². The molecule has 0 N–H and O–H groups in total. The molecule has 0 aromatic heterocycles. The van der Waals surface area contributed by atoms with Crippen molar-refractivity contribution in [2.75, 3.05) is 13.7 Å². The van der Waals surface area contributed by atoms with Gasteiger partial charge in [-0.1, -0.05) is 18.0 Å². The Hall–Kier alpha value is -0.120. The topological polar surface area (TPSA) is 30.8 Å². The van der Waals surface area contributed by atoms with Crippen LogP contribution < -0.4 is 0 Å². The van der Waals surface area contributed by atoms with Crippen LogP contribution in [-0.4, -0.2) is 30.7 Å². The van der Waals surface area contributed by atoms with E-state index in [0.717, 1.165) is 12.8 Å². The molecule has 80 valence electrons. The molecule has 2 rings (SSSR count). The lowest BCUT2D eigenvalue weighted by molar-refractivity contribution is -0.181. The van der Waals surface area contributed by atoms with Crippen molar-refractivity contribution < 1.29 is 9.47 Å². The molecule has 0 aromatic rings. The molecule has 2 fully saturated rings. The van der Waals surface area contributed by atoms with Crippen LogP contribution in [0.25, 0.3) is 0 Å². The van der Waals surface area contributed by atoms with E-state index in [1.165, 1.54) is 19.3 Å². The Morgan fingerprint density at radius 2 is 2.07 bits per heavy atom. The Labute approximate surface area is 89.4 Å². The molecule has 0 bridgehead atoms. The summed E-state index contributed by atoms with van der Waals surface area (Å²) in [5, 5.41) is 0.521. The number of ether oxygens (including phenoxy) is 2. The minimum atomic E-state index is -0.340. The number of hydrogen-bond acceptors (Lipinski definition) is 3. The lowest BCUT2D eigenvalue weighted by atomic mass is 9.94. The monoisotopic (exact) mass is 217 g/mol. The molecule has 0 radical (unpaired) electrons. The summed E-state index contributed by atoms with van der Waals surface area (Å²) < 4.78 is 11.6. The van der Waals surface area contributed by atoms with Crippen LogP contribution in [0.15, 0.2) is 4.99 Å². The third kappa shape index (κ3) is 1.95. The second kappa shape index (κ2) is 4.17. The van der Waals surface area contributed by atoms with E-state index in [2.05, 4.69) is 4.99 Å². The maximum Gasteiger partial charge on any atom is 0.169 e. The Balaban J connectivity index is 1.99. The molecule has 1 unspecified atom stereocenters. The summed E-state index contributed by atoms with van der Waals surface area (Å²) in [4.78, 5) is 3.93. The van der Waals surface area contributed by atoms with Gasteiger partial charge >= 0.3 is 0 Å². The molecule has 2 aliphatic rings. The Bertz CT molecular complexity index is 236. The van der Waals surface area contributed by atoms with Gasteiger partial charge in [-0.25, -0.2) is 0 Å². The van der Waals surface area contributed by atoms with Crippen LogP contribution in [0, 0.1) is 0 Å². The Morgan fingerprint density at radius 1 is 1.36 bits per heavy atom. The maximum atomic E-state index is 5.92. The highest BCUT2D eigenvalue weighted by atomic mass is 35.5. The van der Waals surface area contributed by atoms with E-state index in [-0.39, 0.29) is 11.9 Å². The number of rotatable bonds is 1. The molecule has 1 heterocycles. The predicted molar refractivity (Wildman–Crippen MR) is 55.9 cm³/mol. The average Bonchev–Trinajstić information content (AvgIpc) is 2.62. The summed E-state index contributed by atoms with van der Waals surface area (Å²) >= 11 is 5.92. The fourth-order valence-corrected chi connectivity index (χ4v) is 2.28. The fraction of sp³-hybridized carbons (Fsp3) is 0.900. The first-order valence-corrected chi connectivity index (χ1v) is 5.57. The molecule has 1 saturated carbocycles. The fourth-order valence-electron chi connectivity index (χ4n) is 2.17. The van der Waals surface area contributed by atoms with Gasteiger partial charge in [-0.05, 0) is 12.8 Å². The van der Waals surface area contributed by atoms with E-state index in [1.54, 1.807) is 7.05 Å². The molecule has 4 heteroatoms. The van der Waals surface area contributed by atoms with Gasteiger partial charge in [0.1, 0.15) is 11.3 Å². The van der Waals surface area contributed by atoms with Crippen LogP contribution in [-0.2, 0) is 9.47 Å². The zero-order valence-corrected chi connectivity index (χ0v) is 9.22. The van der Waals surface area contributed by atoms with Crippen LogP contribution in [0.2, 0.25) is 0 Å². The first-order valence-electron chi connectivity index (χ1n) is 5.20. The molecule has 1 spiro atoms. The lowest BCUT2D eigenvalue weighted by Gasteiger charge is -2.31. The van der Waals surface area contributed by atoms with E-state index in [9.17, 15) is 0 Å². The second-order valence-electron chi connectivity index (χ2n) is 3.94. The van der Waals surface area contributed by atoms with Gasteiger partial charge in [0, 0.05) is 19.9 Å². The highest BCUT2D eigenvalue weighted by Gasteiger charge is 2.43. The number of aliphatic imine (C=N–C) groups is 1. The minimum Gasteiger partial charge on any atom is -0.347 e. The van der Waals surface area contributed by atoms with Gasteiger partial charge in [-0.15, -0.1) is 0 Å². The van der Waals surface area contributed by atoms with Gasteiger partial charge in [-0.2, -0.15) is 0 Å². The SMILES string of the molecule is C/N=C(\Cl)C1COC2(CCCCC2)O1. The average molecular weight is 218 g/mol. The van der Waals surface area contributed by atoms with Crippen molar-refractivity contribution in [1.82, 2.24) is 0 Å². The largest absolute Gasteiger partial charge is 0.347 e. The number of halogens is 1. The summed E-state index contributed by atoms with van der Waals surface area (Å²) in [7, 11) is 1.68. The number of nitrogens with zero attached hydrogens (tertiary/aromatic N) is 1. The highest BCUT2D eigenvalue weighted by Crippen LogP contribution is 2.38. The van der Waals surface area contributed by atoms with Crippen molar-refractivity contribution in [1.29, 1.82) is 0 Å². The molecule has 3 nitrogen and oxygen atoms in total. The zero-order chi connectivity index (χ0) is 10.0. The third-order valence-corrected chi connectivity index (χ3v) is 3.36. The Kier molecular flexibility index (Phi) is 3.10. The Morgan fingerprint density at radius 3 is 2.71 bits per heavy atom. The molecule has 1 aliphatic carbocycles. The van der Waals surface area contributed by atoms with Crippen LogP contribution >= 0.6 is 11.6 Å². The smallest absolute Gasteiger partial charge is 0.169 e. The van der Waals surface area contributed by atoms with E-state index >= 15 is 0 Å². The van der Waals surface area contributed by atoms with Crippen LogP contribution in [0.5, 0.6) is 0 Å². The molecule has 0 amide bonds. The lowest BCUT2D eigenvalue weighted by Crippen LogP contribution is -2.34. The summed E-state index contributed by atoms with van der Waals surface area (Å²) in [5.41, 5.74) is 0. The third-order valence-electron chi connectivity index (χ3n) is 2.95. The highest BCUT2D eigenvalue weighted by molar-refractivity contribution is 6.66.